The van der Waals surface area contributed by atoms with Crippen molar-refractivity contribution in [3.05, 3.63) is 34.8 Å². The van der Waals surface area contributed by atoms with Crippen molar-refractivity contribution in [2.24, 2.45) is 5.84 Å². The Balaban J connectivity index is 3.02. The summed E-state index contributed by atoms with van der Waals surface area (Å²) in [7, 11) is 0. The molecule has 0 saturated heterocycles. The van der Waals surface area contributed by atoms with Crippen LogP contribution in [0.1, 0.15) is 18.2 Å². The highest BCUT2D eigenvalue weighted by Gasteiger charge is 2.20. The van der Waals surface area contributed by atoms with Gasteiger partial charge in [0.05, 0.1) is 11.1 Å². The van der Waals surface area contributed by atoms with E-state index >= 15 is 0 Å². The zero-order valence-corrected chi connectivity index (χ0v) is 9.94. The molecule has 0 amide bonds. The van der Waals surface area contributed by atoms with Gasteiger partial charge in [0.15, 0.2) is 11.6 Å². The van der Waals surface area contributed by atoms with Gasteiger partial charge in [0.1, 0.15) is 11.3 Å². The first kappa shape index (κ1) is 12.6. The number of hydrogen-bond acceptors (Lipinski definition) is 3. The van der Waals surface area contributed by atoms with Gasteiger partial charge in [0, 0.05) is 11.8 Å². The number of benzene rings is 1. The van der Waals surface area contributed by atoms with Crippen molar-refractivity contribution in [1.29, 1.82) is 0 Å². The normalized spacial score (nSPS) is 11.0. The standard InChI is InChI=1S/C12H12F3N3/c1-3-6-5(2)17-12-9(11(6)18-16)7(13)4-8(14)10(12)15/h4H,3,16H2,1-2H3,(H,17,18). The first-order valence-corrected chi connectivity index (χ1v) is 5.44. The summed E-state index contributed by atoms with van der Waals surface area (Å²) in [6.45, 7) is 3.48. The second-order valence-corrected chi connectivity index (χ2v) is 3.93. The van der Waals surface area contributed by atoms with Crippen molar-refractivity contribution in [3.8, 4) is 0 Å². The lowest BCUT2D eigenvalue weighted by Gasteiger charge is -2.14. The third kappa shape index (κ3) is 1.69. The van der Waals surface area contributed by atoms with Crippen LogP contribution in [0.5, 0.6) is 0 Å². The third-order valence-corrected chi connectivity index (χ3v) is 2.91. The minimum absolute atomic E-state index is 0.126. The first-order chi connectivity index (χ1) is 8.51. The van der Waals surface area contributed by atoms with Crippen molar-refractivity contribution in [2.75, 3.05) is 5.43 Å². The summed E-state index contributed by atoms with van der Waals surface area (Å²) in [6, 6.07) is 0.495. The van der Waals surface area contributed by atoms with Crippen molar-refractivity contribution in [1.82, 2.24) is 4.98 Å². The van der Waals surface area contributed by atoms with Crippen molar-refractivity contribution in [2.45, 2.75) is 20.3 Å². The fraction of sp³-hybridized carbons (Fsp3) is 0.250. The molecule has 1 heterocycles. The van der Waals surface area contributed by atoms with Gasteiger partial charge in [-0.15, -0.1) is 0 Å². The Morgan fingerprint density at radius 3 is 2.50 bits per heavy atom. The molecule has 3 nitrogen and oxygen atoms in total. The number of pyridine rings is 1. The van der Waals surface area contributed by atoms with Crippen LogP contribution in [-0.4, -0.2) is 4.98 Å². The van der Waals surface area contributed by atoms with Crippen LogP contribution in [0.3, 0.4) is 0 Å². The smallest absolute Gasteiger partial charge is 0.185 e. The molecule has 18 heavy (non-hydrogen) atoms. The van der Waals surface area contributed by atoms with E-state index in [0.717, 1.165) is 0 Å². The maximum absolute atomic E-state index is 13.8. The van der Waals surface area contributed by atoms with Crippen LogP contribution in [0.2, 0.25) is 0 Å². The van der Waals surface area contributed by atoms with Crippen LogP contribution in [0.25, 0.3) is 10.9 Å². The Morgan fingerprint density at radius 2 is 1.94 bits per heavy atom. The van der Waals surface area contributed by atoms with E-state index in [1.54, 1.807) is 6.92 Å². The van der Waals surface area contributed by atoms with Gasteiger partial charge >= 0.3 is 0 Å². The molecule has 0 aliphatic rings. The lowest BCUT2D eigenvalue weighted by Crippen LogP contribution is -2.13. The van der Waals surface area contributed by atoms with E-state index in [9.17, 15) is 13.2 Å². The molecule has 0 bridgehead atoms. The van der Waals surface area contributed by atoms with Gasteiger partial charge in [-0.3, -0.25) is 5.84 Å². The summed E-state index contributed by atoms with van der Waals surface area (Å²) >= 11 is 0. The molecule has 0 spiro atoms. The summed E-state index contributed by atoms with van der Waals surface area (Å²) in [5.41, 5.74) is 3.41. The van der Waals surface area contributed by atoms with Gasteiger partial charge in [0.2, 0.25) is 0 Å². The molecular formula is C12H12F3N3. The number of aryl methyl sites for hydroxylation is 1. The molecule has 1 aromatic carbocycles. The molecule has 0 atom stereocenters. The molecule has 0 saturated carbocycles. The number of nitrogen functional groups attached to an aromatic ring is 1. The Labute approximate surface area is 102 Å². The van der Waals surface area contributed by atoms with Gasteiger partial charge in [-0.05, 0) is 18.9 Å². The number of hydrogen-bond donors (Lipinski definition) is 2. The summed E-state index contributed by atoms with van der Waals surface area (Å²) in [5, 5.41) is -0.126. The highest BCUT2D eigenvalue weighted by molar-refractivity contribution is 5.94. The highest BCUT2D eigenvalue weighted by Crippen LogP contribution is 2.32. The topological polar surface area (TPSA) is 50.9 Å². The molecular weight excluding hydrogens is 243 g/mol. The zero-order chi connectivity index (χ0) is 13.4. The molecule has 0 fully saturated rings. The number of rotatable bonds is 2. The number of nitrogens with zero attached hydrogens (tertiary/aromatic N) is 1. The summed E-state index contributed by atoms with van der Waals surface area (Å²) in [4.78, 5) is 3.93. The van der Waals surface area contributed by atoms with E-state index in [4.69, 9.17) is 5.84 Å². The lowest BCUT2D eigenvalue weighted by atomic mass is 10.0. The van der Waals surface area contributed by atoms with Gasteiger partial charge in [-0.2, -0.15) is 0 Å². The van der Waals surface area contributed by atoms with Crippen molar-refractivity contribution < 1.29 is 13.2 Å². The molecule has 96 valence electrons. The van der Waals surface area contributed by atoms with E-state index in [-0.39, 0.29) is 16.6 Å². The molecule has 0 unspecified atom stereocenters. The van der Waals surface area contributed by atoms with Crippen molar-refractivity contribution in [3.63, 3.8) is 0 Å². The summed E-state index contributed by atoms with van der Waals surface area (Å²) in [5.74, 6) is 2.03. The van der Waals surface area contributed by atoms with Gasteiger partial charge in [-0.1, -0.05) is 6.92 Å². The minimum atomic E-state index is -1.26. The van der Waals surface area contributed by atoms with Crippen LogP contribution < -0.4 is 11.3 Å². The van der Waals surface area contributed by atoms with Gasteiger partial charge in [-0.25, -0.2) is 18.2 Å². The molecule has 0 aliphatic carbocycles. The molecule has 3 N–H and O–H groups in total. The van der Waals surface area contributed by atoms with E-state index < -0.39 is 17.5 Å². The highest BCUT2D eigenvalue weighted by atomic mass is 19.2. The molecule has 2 aromatic rings. The maximum atomic E-state index is 13.8. The number of aromatic nitrogens is 1. The van der Waals surface area contributed by atoms with Gasteiger partial charge < -0.3 is 5.43 Å². The van der Waals surface area contributed by atoms with Crippen LogP contribution in [-0.2, 0) is 6.42 Å². The van der Waals surface area contributed by atoms with E-state index in [1.165, 1.54) is 0 Å². The van der Waals surface area contributed by atoms with Crippen LogP contribution in [0.4, 0.5) is 18.9 Å². The van der Waals surface area contributed by atoms with E-state index in [0.29, 0.717) is 23.7 Å². The Bertz CT molecular complexity index is 626. The molecule has 1 aromatic heterocycles. The number of hydrazine groups is 1. The molecule has 0 radical (unpaired) electrons. The number of halogens is 3. The monoisotopic (exact) mass is 255 g/mol. The fourth-order valence-corrected chi connectivity index (χ4v) is 2.08. The Hall–Kier alpha value is -1.82. The average molecular weight is 255 g/mol. The van der Waals surface area contributed by atoms with E-state index in [2.05, 4.69) is 10.4 Å². The van der Waals surface area contributed by atoms with Gasteiger partial charge in [0.25, 0.3) is 0 Å². The summed E-state index contributed by atoms with van der Waals surface area (Å²) in [6.07, 6.45) is 0.548. The number of fused-ring (bicyclic) bond motifs is 1. The van der Waals surface area contributed by atoms with Crippen LogP contribution in [0.15, 0.2) is 6.07 Å². The van der Waals surface area contributed by atoms with Crippen LogP contribution in [0, 0.1) is 24.4 Å². The Kier molecular flexibility index (Phi) is 3.13. The summed E-state index contributed by atoms with van der Waals surface area (Å²) < 4.78 is 40.6. The largest absolute Gasteiger partial charge is 0.323 e. The quantitative estimate of drug-likeness (QED) is 0.493. The van der Waals surface area contributed by atoms with Crippen molar-refractivity contribution >= 4 is 16.6 Å². The lowest BCUT2D eigenvalue weighted by molar-refractivity contribution is 0.504. The number of anilines is 1. The molecule has 6 heteroatoms. The molecule has 0 aliphatic heterocycles. The minimum Gasteiger partial charge on any atom is -0.323 e. The first-order valence-electron chi connectivity index (χ1n) is 5.44. The van der Waals surface area contributed by atoms with E-state index in [1.807, 2.05) is 6.92 Å². The maximum Gasteiger partial charge on any atom is 0.185 e. The Morgan fingerprint density at radius 1 is 1.28 bits per heavy atom. The fourth-order valence-electron chi connectivity index (χ4n) is 2.08. The SMILES string of the molecule is CCc1c(C)nc2c(F)c(F)cc(F)c2c1NN. The second-order valence-electron chi connectivity index (χ2n) is 3.93. The number of nitrogens with one attached hydrogen (secondary N) is 1. The zero-order valence-electron chi connectivity index (χ0n) is 9.94. The second kappa shape index (κ2) is 4.45. The predicted octanol–water partition coefficient (Wildman–Crippen LogP) is 2.81. The molecule has 2 rings (SSSR count). The number of nitrogens with two attached hydrogens (primary N) is 1. The predicted molar refractivity (Wildman–Crippen MR) is 63.5 cm³/mol. The van der Waals surface area contributed by atoms with Crippen LogP contribution >= 0.6 is 0 Å². The average Bonchev–Trinajstić information content (AvgIpc) is 2.34. The third-order valence-electron chi connectivity index (χ3n) is 2.91.